The second-order valence-corrected chi connectivity index (χ2v) is 8.59. The molecule has 27 heavy (non-hydrogen) atoms. The minimum atomic E-state index is -0.184. The summed E-state index contributed by atoms with van der Waals surface area (Å²) < 4.78 is 1.40. The van der Waals surface area contributed by atoms with Crippen LogP contribution in [-0.2, 0) is 11.3 Å². The van der Waals surface area contributed by atoms with Gasteiger partial charge >= 0.3 is 0 Å². The molecule has 5 nitrogen and oxygen atoms in total. The second-order valence-electron chi connectivity index (χ2n) is 6.95. The van der Waals surface area contributed by atoms with Crippen molar-refractivity contribution in [3.05, 3.63) is 50.8 Å². The SMILES string of the molecule is Cc1sc2ncn(CC(=O)NC3CCCC3)c(=O)c2c1-c1ccc(Cl)cc1. The number of hydrogen-bond donors (Lipinski definition) is 1. The van der Waals surface area contributed by atoms with E-state index in [0.29, 0.717) is 15.2 Å². The average molecular weight is 402 g/mol. The summed E-state index contributed by atoms with van der Waals surface area (Å²) >= 11 is 7.48. The van der Waals surface area contributed by atoms with E-state index in [-0.39, 0.29) is 24.1 Å². The maximum absolute atomic E-state index is 13.1. The number of aryl methyl sites for hydroxylation is 1. The predicted octanol–water partition coefficient (Wildman–Crippen LogP) is 4.15. The van der Waals surface area contributed by atoms with Gasteiger partial charge in [-0.05, 0) is 37.5 Å². The van der Waals surface area contributed by atoms with Gasteiger partial charge < -0.3 is 5.32 Å². The molecule has 1 amide bonds. The summed E-state index contributed by atoms with van der Waals surface area (Å²) in [6, 6.07) is 7.66. The monoisotopic (exact) mass is 401 g/mol. The molecule has 3 aromatic rings. The molecule has 7 heteroatoms. The molecule has 2 heterocycles. The first-order chi connectivity index (χ1) is 13.0. The van der Waals surface area contributed by atoms with Crippen molar-refractivity contribution in [3.8, 4) is 11.1 Å². The van der Waals surface area contributed by atoms with Crippen molar-refractivity contribution < 1.29 is 4.79 Å². The fraction of sp³-hybridized carbons (Fsp3) is 0.350. The van der Waals surface area contributed by atoms with Crippen molar-refractivity contribution in [1.29, 1.82) is 0 Å². The van der Waals surface area contributed by atoms with Crippen LogP contribution < -0.4 is 10.9 Å². The first kappa shape index (κ1) is 18.2. The Balaban J connectivity index is 1.70. The molecule has 0 saturated heterocycles. The normalized spacial score (nSPS) is 14.7. The van der Waals surface area contributed by atoms with E-state index < -0.39 is 0 Å². The van der Waals surface area contributed by atoms with Gasteiger partial charge in [-0.3, -0.25) is 14.2 Å². The van der Waals surface area contributed by atoms with Gasteiger partial charge in [0.15, 0.2) is 0 Å². The van der Waals surface area contributed by atoms with Crippen LogP contribution in [0.25, 0.3) is 21.3 Å². The number of thiophene rings is 1. The number of carbonyl (C=O) groups is 1. The molecule has 0 unspecified atom stereocenters. The third kappa shape index (κ3) is 3.64. The fourth-order valence-corrected chi connectivity index (χ4v) is 4.84. The largest absolute Gasteiger partial charge is 0.352 e. The lowest BCUT2D eigenvalue weighted by Crippen LogP contribution is -2.37. The van der Waals surface area contributed by atoms with Crippen LogP contribution in [0.2, 0.25) is 5.02 Å². The topological polar surface area (TPSA) is 64.0 Å². The molecule has 1 fully saturated rings. The average Bonchev–Trinajstić information content (AvgIpc) is 3.26. The Hall–Kier alpha value is -2.18. The molecule has 1 saturated carbocycles. The number of halogens is 1. The van der Waals surface area contributed by atoms with E-state index in [4.69, 9.17) is 11.6 Å². The quantitative estimate of drug-likeness (QED) is 0.714. The number of hydrogen-bond acceptors (Lipinski definition) is 4. The molecule has 1 aliphatic rings. The lowest BCUT2D eigenvalue weighted by Gasteiger charge is -2.12. The molecule has 2 aromatic heterocycles. The molecule has 4 rings (SSSR count). The Morgan fingerprint density at radius 1 is 1.30 bits per heavy atom. The maximum atomic E-state index is 13.1. The third-order valence-corrected chi connectivity index (χ3v) is 6.29. The van der Waals surface area contributed by atoms with Crippen molar-refractivity contribution in [2.24, 2.45) is 0 Å². The van der Waals surface area contributed by atoms with Crippen LogP contribution >= 0.6 is 22.9 Å². The number of benzene rings is 1. The van der Waals surface area contributed by atoms with Crippen LogP contribution in [0.1, 0.15) is 30.6 Å². The first-order valence-electron chi connectivity index (χ1n) is 9.07. The van der Waals surface area contributed by atoms with Gasteiger partial charge in [-0.1, -0.05) is 36.6 Å². The Morgan fingerprint density at radius 3 is 2.70 bits per heavy atom. The second kappa shape index (κ2) is 7.44. The van der Waals surface area contributed by atoms with Crippen molar-refractivity contribution in [2.75, 3.05) is 0 Å². The fourth-order valence-electron chi connectivity index (χ4n) is 3.71. The van der Waals surface area contributed by atoms with E-state index >= 15 is 0 Å². The summed E-state index contributed by atoms with van der Waals surface area (Å²) in [5, 5.41) is 4.24. The molecule has 0 aliphatic heterocycles. The van der Waals surface area contributed by atoms with E-state index in [1.165, 1.54) is 22.2 Å². The Labute approximate surface area is 166 Å². The van der Waals surface area contributed by atoms with Gasteiger partial charge in [0.1, 0.15) is 11.4 Å². The molecule has 140 valence electrons. The lowest BCUT2D eigenvalue weighted by molar-refractivity contribution is -0.122. The lowest BCUT2D eigenvalue weighted by atomic mass is 10.0. The van der Waals surface area contributed by atoms with Gasteiger partial charge in [0, 0.05) is 21.5 Å². The molecule has 0 bridgehead atoms. The summed E-state index contributed by atoms with van der Waals surface area (Å²) in [4.78, 5) is 31.6. The molecular formula is C20H20ClN3O2S. The number of amides is 1. The molecule has 0 atom stereocenters. The first-order valence-corrected chi connectivity index (χ1v) is 10.3. The highest BCUT2D eigenvalue weighted by atomic mass is 35.5. The van der Waals surface area contributed by atoms with Crippen molar-refractivity contribution in [1.82, 2.24) is 14.9 Å². The summed E-state index contributed by atoms with van der Waals surface area (Å²) in [6.45, 7) is 1.97. The van der Waals surface area contributed by atoms with Gasteiger partial charge in [-0.25, -0.2) is 4.98 Å². The molecule has 0 spiro atoms. The Bertz CT molecular complexity index is 1050. The number of nitrogens with zero attached hydrogens (tertiary/aromatic N) is 2. The number of carbonyl (C=O) groups excluding carboxylic acids is 1. The van der Waals surface area contributed by atoms with E-state index in [9.17, 15) is 9.59 Å². The van der Waals surface area contributed by atoms with Crippen molar-refractivity contribution in [2.45, 2.75) is 45.2 Å². The molecule has 1 aromatic carbocycles. The summed E-state index contributed by atoms with van der Waals surface area (Å²) in [5.41, 5.74) is 1.61. The van der Waals surface area contributed by atoms with E-state index in [2.05, 4.69) is 10.3 Å². The molecule has 1 aliphatic carbocycles. The predicted molar refractivity (Wildman–Crippen MR) is 109 cm³/mol. The van der Waals surface area contributed by atoms with Gasteiger partial charge in [-0.2, -0.15) is 0 Å². The van der Waals surface area contributed by atoms with Crippen LogP contribution in [0.4, 0.5) is 0 Å². The minimum absolute atomic E-state index is 0.00672. The van der Waals surface area contributed by atoms with Crippen LogP contribution in [0.3, 0.4) is 0 Å². The van der Waals surface area contributed by atoms with Gasteiger partial charge in [0.2, 0.25) is 5.91 Å². The van der Waals surface area contributed by atoms with Crippen LogP contribution in [0.5, 0.6) is 0 Å². The number of rotatable bonds is 4. The zero-order valence-electron chi connectivity index (χ0n) is 15.0. The zero-order chi connectivity index (χ0) is 19.0. The van der Waals surface area contributed by atoms with Crippen LogP contribution in [-0.4, -0.2) is 21.5 Å². The standard InChI is InChI=1S/C20H20ClN3O2S/c1-12-17(13-6-8-14(21)9-7-13)18-19(27-12)22-11-24(20(18)26)10-16(25)23-15-4-2-3-5-15/h6-9,11,15H,2-5,10H2,1H3,(H,23,25). The van der Waals surface area contributed by atoms with Crippen LogP contribution in [0, 0.1) is 6.92 Å². The zero-order valence-corrected chi connectivity index (χ0v) is 16.6. The minimum Gasteiger partial charge on any atom is -0.352 e. The van der Waals surface area contributed by atoms with Gasteiger partial charge in [-0.15, -0.1) is 11.3 Å². The van der Waals surface area contributed by atoms with E-state index in [0.717, 1.165) is 41.7 Å². The number of aromatic nitrogens is 2. The van der Waals surface area contributed by atoms with E-state index in [1.807, 2.05) is 31.2 Å². The summed E-state index contributed by atoms with van der Waals surface area (Å²) in [6.07, 6.45) is 5.80. The highest BCUT2D eigenvalue weighted by Crippen LogP contribution is 2.35. The van der Waals surface area contributed by atoms with Crippen molar-refractivity contribution in [3.63, 3.8) is 0 Å². The number of nitrogens with one attached hydrogen (secondary N) is 1. The molecule has 1 N–H and O–H groups in total. The molecule has 0 radical (unpaired) electrons. The van der Waals surface area contributed by atoms with Crippen molar-refractivity contribution >= 4 is 39.1 Å². The maximum Gasteiger partial charge on any atom is 0.263 e. The third-order valence-electron chi connectivity index (χ3n) is 5.02. The Morgan fingerprint density at radius 2 is 2.00 bits per heavy atom. The summed E-state index contributed by atoms with van der Waals surface area (Å²) in [5.74, 6) is -0.134. The highest BCUT2D eigenvalue weighted by molar-refractivity contribution is 7.19. The Kier molecular flexibility index (Phi) is 5.02. The smallest absolute Gasteiger partial charge is 0.263 e. The van der Waals surface area contributed by atoms with E-state index in [1.54, 1.807) is 0 Å². The van der Waals surface area contributed by atoms with Crippen LogP contribution in [0.15, 0.2) is 35.4 Å². The number of fused-ring (bicyclic) bond motifs is 1. The summed E-state index contributed by atoms with van der Waals surface area (Å²) in [7, 11) is 0. The molecular weight excluding hydrogens is 382 g/mol. The van der Waals surface area contributed by atoms with Gasteiger partial charge in [0.05, 0.1) is 11.7 Å². The highest BCUT2D eigenvalue weighted by Gasteiger charge is 2.20. The van der Waals surface area contributed by atoms with Gasteiger partial charge in [0.25, 0.3) is 5.56 Å².